The average molecular weight is 442 g/mol. The van der Waals surface area contributed by atoms with E-state index in [4.69, 9.17) is 9.73 Å². The highest BCUT2D eigenvalue weighted by molar-refractivity contribution is 5.79. The maximum absolute atomic E-state index is 5.58. The van der Waals surface area contributed by atoms with Crippen molar-refractivity contribution in [3.63, 3.8) is 0 Å². The van der Waals surface area contributed by atoms with E-state index in [1.807, 2.05) is 30.0 Å². The Morgan fingerprint density at radius 2 is 1.91 bits per heavy atom. The van der Waals surface area contributed by atoms with Crippen LogP contribution < -0.4 is 10.6 Å². The van der Waals surface area contributed by atoms with Gasteiger partial charge in [0.25, 0.3) is 0 Å². The molecule has 3 heterocycles. The molecule has 1 fully saturated rings. The number of aryl methyl sites for hydroxylation is 1. The number of hydrogen-bond acceptors (Lipinski definition) is 5. The molecule has 0 aliphatic carbocycles. The molecule has 3 rings (SSSR count). The van der Waals surface area contributed by atoms with Gasteiger partial charge in [-0.1, -0.05) is 32.8 Å². The monoisotopic (exact) mass is 441 g/mol. The van der Waals surface area contributed by atoms with Crippen LogP contribution >= 0.6 is 0 Å². The maximum atomic E-state index is 5.58. The van der Waals surface area contributed by atoms with E-state index in [0.29, 0.717) is 18.5 Å². The van der Waals surface area contributed by atoms with E-state index in [9.17, 15) is 0 Å². The summed E-state index contributed by atoms with van der Waals surface area (Å²) in [6.45, 7) is 14.6. The highest BCUT2D eigenvalue weighted by Gasteiger charge is 2.27. The van der Waals surface area contributed by atoms with Gasteiger partial charge < -0.3 is 15.4 Å². The van der Waals surface area contributed by atoms with Gasteiger partial charge >= 0.3 is 0 Å². The van der Waals surface area contributed by atoms with Crippen molar-refractivity contribution >= 4 is 5.96 Å². The van der Waals surface area contributed by atoms with Gasteiger partial charge in [-0.25, -0.2) is 15.0 Å². The van der Waals surface area contributed by atoms with E-state index < -0.39 is 0 Å². The van der Waals surface area contributed by atoms with Crippen LogP contribution in [0.4, 0.5) is 0 Å². The predicted molar refractivity (Wildman–Crippen MR) is 129 cm³/mol. The van der Waals surface area contributed by atoms with Crippen LogP contribution in [0.2, 0.25) is 0 Å². The zero-order valence-corrected chi connectivity index (χ0v) is 20.0. The van der Waals surface area contributed by atoms with Crippen molar-refractivity contribution in [1.82, 2.24) is 30.1 Å². The number of nitrogens with zero attached hydrogens (tertiary/aromatic N) is 5. The van der Waals surface area contributed by atoms with Gasteiger partial charge in [0.2, 0.25) is 0 Å². The second kappa shape index (κ2) is 12.6. The van der Waals surface area contributed by atoms with Crippen molar-refractivity contribution in [1.29, 1.82) is 0 Å². The smallest absolute Gasteiger partial charge is 0.191 e. The van der Waals surface area contributed by atoms with E-state index in [0.717, 1.165) is 62.6 Å². The van der Waals surface area contributed by atoms with Crippen LogP contribution in [0.3, 0.4) is 0 Å². The molecule has 1 aliphatic rings. The molecular weight excluding hydrogens is 402 g/mol. The van der Waals surface area contributed by atoms with Crippen molar-refractivity contribution in [2.45, 2.75) is 53.1 Å². The fourth-order valence-corrected chi connectivity index (χ4v) is 4.32. The summed E-state index contributed by atoms with van der Waals surface area (Å²) in [4.78, 5) is 16.2. The zero-order chi connectivity index (χ0) is 22.8. The first-order chi connectivity index (χ1) is 15.7. The maximum Gasteiger partial charge on any atom is 0.191 e. The molecule has 1 atom stereocenters. The molecule has 2 N–H and O–H groups in total. The molecule has 0 aromatic carbocycles. The lowest BCUT2D eigenvalue weighted by atomic mass is 9.92. The summed E-state index contributed by atoms with van der Waals surface area (Å²) in [6.07, 6.45) is 7.97. The van der Waals surface area contributed by atoms with Crippen LogP contribution in [0.1, 0.15) is 45.0 Å². The molecule has 0 radical (unpaired) electrons. The highest BCUT2D eigenvalue weighted by atomic mass is 16.5. The minimum atomic E-state index is 0.483. The summed E-state index contributed by atoms with van der Waals surface area (Å²) in [7, 11) is 0. The molecule has 0 spiro atoms. The number of aliphatic imine (C=N–C) groups is 1. The summed E-state index contributed by atoms with van der Waals surface area (Å²) >= 11 is 0. The highest BCUT2D eigenvalue weighted by Crippen LogP contribution is 2.19. The van der Waals surface area contributed by atoms with E-state index in [-0.39, 0.29) is 0 Å². The molecule has 0 amide bonds. The van der Waals surface area contributed by atoms with Crippen LogP contribution in [-0.2, 0) is 11.3 Å². The van der Waals surface area contributed by atoms with Gasteiger partial charge in [0.05, 0.1) is 19.8 Å². The molecule has 8 heteroatoms. The van der Waals surface area contributed by atoms with Crippen LogP contribution in [0.15, 0.2) is 35.7 Å². The van der Waals surface area contributed by atoms with Crippen LogP contribution in [0.25, 0.3) is 5.82 Å². The van der Waals surface area contributed by atoms with Crippen molar-refractivity contribution in [2.24, 2.45) is 10.9 Å². The molecular formula is C24H39N7O. The second-order valence-electron chi connectivity index (χ2n) is 8.24. The standard InChI is InChI=1S/C24H39N7O/c1-5-21(6-2)22(30-12-14-32-15-13-30)18-29-24(25-7-3)28-17-20-8-9-23(27-16-20)31-11-10-26-19(31)4/h8-11,16,21-22H,5-7,12-15,17-18H2,1-4H3,(H2,25,28,29). The number of pyridine rings is 1. The van der Waals surface area contributed by atoms with Gasteiger partial charge in [0.1, 0.15) is 11.6 Å². The Morgan fingerprint density at radius 1 is 1.12 bits per heavy atom. The molecule has 1 saturated heterocycles. The number of morpholine rings is 1. The molecule has 1 aliphatic heterocycles. The molecule has 32 heavy (non-hydrogen) atoms. The first-order valence-corrected chi connectivity index (χ1v) is 11.9. The predicted octanol–water partition coefficient (Wildman–Crippen LogP) is 2.77. The molecule has 0 bridgehead atoms. The van der Waals surface area contributed by atoms with Gasteiger partial charge in [0.15, 0.2) is 5.96 Å². The minimum Gasteiger partial charge on any atom is -0.379 e. The molecule has 0 saturated carbocycles. The Bertz CT molecular complexity index is 823. The number of ether oxygens (including phenoxy) is 1. The molecule has 2 aromatic rings. The lowest BCUT2D eigenvalue weighted by molar-refractivity contribution is 0.00272. The van der Waals surface area contributed by atoms with Gasteiger partial charge in [-0.05, 0) is 31.4 Å². The van der Waals surface area contributed by atoms with Crippen LogP contribution in [0.5, 0.6) is 0 Å². The van der Waals surface area contributed by atoms with Crippen LogP contribution in [-0.4, -0.2) is 70.8 Å². The normalized spacial score (nSPS) is 16.3. The lowest BCUT2D eigenvalue weighted by Gasteiger charge is -2.39. The van der Waals surface area contributed by atoms with Crippen molar-refractivity contribution < 1.29 is 4.74 Å². The first kappa shape index (κ1) is 24.2. The summed E-state index contributed by atoms with van der Waals surface area (Å²) in [5, 5.41) is 6.99. The van der Waals surface area contributed by atoms with Crippen molar-refractivity contribution in [3.8, 4) is 5.82 Å². The fraction of sp³-hybridized carbons (Fsp3) is 0.625. The largest absolute Gasteiger partial charge is 0.379 e. The average Bonchev–Trinajstić information content (AvgIpc) is 3.26. The third kappa shape index (κ3) is 6.53. The Morgan fingerprint density at radius 3 is 2.50 bits per heavy atom. The zero-order valence-electron chi connectivity index (χ0n) is 20.0. The van der Waals surface area contributed by atoms with Crippen molar-refractivity contribution in [2.75, 3.05) is 39.4 Å². The van der Waals surface area contributed by atoms with E-state index in [1.54, 1.807) is 6.20 Å². The number of aromatic nitrogens is 3. The Kier molecular flexibility index (Phi) is 9.49. The SMILES string of the molecule is CCNC(=NCc1ccc(-n2ccnc2C)nc1)NCC(C(CC)CC)N1CCOCC1. The number of nitrogens with one attached hydrogen (secondary N) is 2. The number of guanidine groups is 1. The third-order valence-electron chi connectivity index (χ3n) is 6.23. The molecule has 2 aromatic heterocycles. The number of hydrogen-bond donors (Lipinski definition) is 2. The molecule has 176 valence electrons. The molecule has 1 unspecified atom stereocenters. The van der Waals surface area contributed by atoms with Crippen molar-refractivity contribution in [3.05, 3.63) is 42.1 Å². The number of rotatable bonds is 10. The Hall–Kier alpha value is -2.45. The quantitative estimate of drug-likeness (QED) is 0.436. The third-order valence-corrected chi connectivity index (χ3v) is 6.23. The topological polar surface area (TPSA) is 79.6 Å². The Balaban J connectivity index is 1.63. The summed E-state index contributed by atoms with van der Waals surface area (Å²) in [5.74, 6) is 3.31. The first-order valence-electron chi connectivity index (χ1n) is 11.9. The van der Waals surface area contributed by atoms with Gasteiger partial charge in [-0.2, -0.15) is 0 Å². The summed E-state index contributed by atoms with van der Waals surface area (Å²) < 4.78 is 7.55. The summed E-state index contributed by atoms with van der Waals surface area (Å²) in [5.41, 5.74) is 1.08. The summed E-state index contributed by atoms with van der Waals surface area (Å²) in [6, 6.07) is 4.58. The lowest BCUT2D eigenvalue weighted by Crippen LogP contribution is -2.53. The van der Waals surface area contributed by atoms with E-state index in [2.05, 4.69) is 52.3 Å². The van der Waals surface area contributed by atoms with Gasteiger partial charge in [-0.3, -0.25) is 9.47 Å². The van der Waals surface area contributed by atoms with Gasteiger partial charge in [-0.15, -0.1) is 0 Å². The van der Waals surface area contributed by atoms with E-state index >= 15 is 0 Å². The molecule has 8 nitrogen and oxygen atoms in total. The number of imidazole rings is 1. The minimum absolute atomic E-state index is 0.483. The van der Waals surface area contributed by atoms with Crippen LogP contribution in [0, 0.1) is 12.8 Å². The Labute approximate surface area is 192 Å². The fourth-order valence-electron chi connectivity index (χ4n) is 4.32. The van der Waals surface area contributed by atoms with Gasteiger partial charge in [0, 0.05) is 50.8 Å². The van der Waals surface area contributed by atoms with E-state index in [1.165, 1.54) is 12.8 Å². The second-order valence-corrected chi connectivity index (χ2v) is 8.24.